The Morgan fingerprint density at radius 1 is 1.11 bits per heavy atom. The monoisotopic (exact) mass is 371 g/mol. The minimum absolute atomic E-state index is 0.195. The molecular formula is C18H21N5O4. The summed E-state index contributed by atoms with van der Waals surface area (Å²) in [5.41, 5.74) is 1.00. The topological polar surface area (TPSA) is 97.8 Å². The van der Waals surface area contributed by atoms with Crippen LogP contribution in [0.5, 0.6) is 11.5 Å². The van der Waals surface area contributed by atoms with Crippen molar-refractivity contribution < 1.29 is 19.0 Å². The molecule has 9 heteroatoms. The van der Waals surface area contributed by atoms with Gasteiger partial charge < -0.3 is 24.8 Å². The summed E-state index contributed by atoms with van der Waals surface area (Å²) in [5.74, 6) is 1.50. The lowest BCUT2D eigenvalue weighted by atomic mass is 10.2. The van der Waals surface area contributed by atoms with E-state index >= 15 is 0 Å². The Hall–Kier alpha value is -2.91. The van der Waals surface area contributed by atoms with Crippen molar-refractivity contribution >= 4 is 17.5 Å². The molecule has 0 aliphatic carbocycles. The fraction of sp³-hybridized carbons (Fsp3) is 0.389. The quantitative estimate of drug-likeness (QED) is 0.782. The van der Waals surface area contributed by atoms with Crippen LogP contribution in [0.1, 0.15) is 10.4 Å². The summed E-state index contributed by atoms with van der Waals surface area (Å²) in [6, 6.07) is 5.24. The highest BCUT2D eigenvalue weighted by Crippen LogP contribution is 2.34. The third-order valence-electron chi connectivity index (χ3n) is 4.36. The number of carbonyl (C=O) groups is 1. The number of hydrogen-bond donors (Lipinski definition) is 2. The molecule has 1 amide bonds. The number of carbonyl (C=O) groups excluding carboxylic acids is 1. The van der Waals surface area contributed by atoms with Gasteiger partial charge in [-0.2, -0.15) is 0 Å². The third-order valence-corrected chi connectivity index (χ3v) is 4.36. The van der Waals surface area contributed by atoms with E-state index in [2.05, 4.69) is 25.5 Å². The Bertz CT molecular complexity index is 793. The van der Waals surface area contributed by atoms with Gasteiger partial charge in [0.15, 0.2) is 11.5 Å². The molecule has 0 bridgehead atoms. The molecule has 2 aromatic rings. The first-order valence-electron chi connectivity index (χ1n) is 8.85. The summed E-state index contributed by atoms with van der Waals surface area (Å²) in [4.78, 5) is 23.1. The summed E-state index contributed by atoms with van der Waals surface area (Å²) < 4.78 is 15.9. The largest absolute Gasteiger partial charge is 0.454 e. The average molecular weight is 371 g/mol. The van der Waals surface area contributed by atoms with Crippen LogP contribution in [0, 0.1) is 0 Å². The number of amides is 1. The van der Waals surface area contributed by atoms with Gasteiger partial charge >= 0.3 is 0 Å². The molecule has 0 unspecified atom stereocenters. The van der Waals surface area contributed by atoms with E-state index in [0.29, 0.717) is 28.7 Å². The number of nitrogens with zero attached hydrogens (tertiary/aromatic N) is 3. The molecule has 3 heterocycles. The van der Waals surface area contributed by atoms with Gasteiger partial charge in [0.25, 0.3) is 5.91 Å². The second-order valence-electron chi connectivity index (χ2n) is 6.20. The summed E-state index contributed by atoms with van der Waals surface area (Å²) in [6.45, 7) is 5.29. The van der Waals surface area contributed by atoms with Crippen molar-refractivity contribution in [3.8, 4) is 11.5 Å². The van der Waals surface area contributed by atoms with Crippen LogP contribution in [0.25, 0.3) is 0 Å². The van der Waals surface area contributed by atoms with E-state index in [4.69, 9.17) is 14.2 Å². The lowest BCUT2D eigenvalue weighted by Gasteiger charge is -2.26. The Morgan fingerprint density at radius 2 is 1.89 bits per heavy atom. The molecule has 2 N–H and O–H groups in total. The Balaban J connectivity index is 1.28. The van der Waals surface area contributed by atoms with Crippen LogP contribution in [0.4, 0.5) is 11.6 Å². The van der Waals surface area contributed by atoms with E-state index in [1.807, 2.05) is 0 Å². The molecule has 0 atom stereocenters. The van der Waals surface area contributed by atoms with Crippen LogP contribution in [0.15, 0.2) is 30.6 Å². The van der Waals surface area contributed by atoms with E-state index in [0.717, 1.165) is 39.4 Å². The lowest BCUT2D eigenvalue weighted by molar-refractivity contribution is 0.0398. The SMILES string of the molecule is O=C(Nc1ccc2c(c1)OCO2)c1cnc(NCCN2CCOCC2)nc1. The fourth-order valence-corrected chi connectivity index (χ4v) is 2.86. The number of hydrogen-bond acceptors (Lipinski definition) is 8. The summed E-state index contributed by atoms with van der Waals surface area (Å²) in [7, 11) is 0. The smallest absolute Gasteiger partial charge is 0.258 e. The van der Waals surface area contributed by atoms with Crippen molar-refractivity contribution in [3.63, 3.8) is 0 Å². The van der Waals surface area contributed by atoms with Crippen molar-refractivity contribution in [2.24, 2.45) is 0 Å². The molecule has 142 valence electrons. The maximum Gasteiger partial charge on any atom is 0.258 e. The van der Waals surface area contributed by atoms with E-state index in [1.165, 1.54) is 12.4 Å². The van der Waals surface area contributed by atoms with Crippen molar-refractivity contribution in [3.05, 3.63) is 36.2 Å². The number of rotatable bonds is 6. The minimum atomic E-state index is -0.284. The number of morpholine rings is 1. The van der Waals surface area contributed by atoms with Crippen LogP contribution in [0.3, 0.4) is 0 Å². The third kappa shape index (κ3) is 4.44. The molecule has 9 nitrogen and oxygen atoms in total. The molecule has 2 aliphatic rings. The van der Waals surface area contributed by atoms with Gasteiger partial charge in [-0.05, 0) is 12.1 Å². The minimum Gasteiger partial charge on any atom is -0.454 e. The molecule has 1 fully saturated rings. The highest BCUT2D eigenvalue weighted by Gasteiger charge is 2.15. The highest BCUT2D eigenvalue weighted by molar-refractivity contribution is 6.04. The zero-order valence-corrected chi connectivity index (χ0v) is 14.8. The van der Waals surface area contributed by atoms with E-state index in [1.54, 1.807) is 18.2 Å². The van der Waals surface area contributed by atoms with Gasteiger partial charge in [-0.3, -0.25) is 9.69 Å². The van der Waals surface area contributed by atoms with Crippen molar-refractivity contribution in [1.82, 2.24) is 14.9 Å². The van der Waals surface area contributed by atoms with Gasteiger partial charge in [-0.1, -0.05) is 0 Å². The zero-order chi connectivity index (χ0) is 18.5. The Kier molecular flexibility index (Phi) is 5.31. The van der Waals surface area contributed by atoms with Gasteiger partial charge in [0, 0.05) is 50.3 Å². The lowest BCUT2D eigenvalue weighted by Crippen LogP contribution is -2.39. The second kappa shape index (κ2) is 8.19. The molecule has 27 heavy (non-hydrogen) atoms. The standard InChI is InChI=1S/C18H21N5O4/c24-17(22-14-1-2-15-16(9-14)27-12-26-15)13-10-20-18(21-11-13)19-3-4-23-5-7-25-8-6-23/h1-2,9-11H,3-8,12H2,(H,22,24)(H,19,20,21). The first-order valence-corrected chi connectivity index (χ1v) is 8.85. The van der Waals surface area contributed by atoms with Crippen molar-refractivity contribution in [1.29, 1.82) is 0 Å². The maximum atomic E-state index is 12.3. The predicted molar refractivity (Wildman–Crippen MR) is 98.3 cm³/mol. The number of ether oxygens (including phenoxy) is 3. The number of anilines is 2. The van der Waals surface area contributed by atoms with Crippen LogP contribution in [-0.2, 0) is 4.74 Å². The first kappa shape index (κ1) is 17.5. The van der Waals surface area contributed by atoms with Gasteiger partial charge in [-0.15, -0.1) is 0 Å². The first-order chi connectivity index (χ1) is 13.3. The van der Waals surface area contributed by atoms with Crippen molar-refractivity contribution in [2.75, 3.05) is 56.8 Å². The summed E-state index contributed by atoms with van der Waals surface area (Å²) in [6.07, 6.45) is 3.01. The van der Waals surface area contributed by atoms with Crippen molar-refractivity contribution in [2.45, 2.75) is 0 Å². The Labute approximate surface area is 156 Å². The van der Waals surface area contributed by atoms with Crippen LogP contribution >= 0.6 is 0 Å². The number of benzene rings is 1. The highest BCUT2D eigenvalue weighted by atomic mass is 16.7. The van der Waals surface area contributed by atoms with Gasteiger partial charge in [0.05, 0.1) is 18.8 Å². The van der Waals surface area contributed by atoms with E-state index < -0.39 is 0 Å². The summed E-state index contributed by atoms with van der Waals surface area (Å²) in [5, 5.41) is 5.97. The second-order valence-corrected chi connectivity index (χ2v) is 6.20. The maximum absolute atomic E-state index is 12.3. The molecular weight excluding hydrogens is 350 g/mol. The zero-order valence-electron chi connectivity index (χ0n) is 14.8. The van der Waals surface area contributed by atoms with E-state index in [9.17, 15) is 4.79 Å². The molecule has 1 saturated heterocycles. The Morgan fingerprint density at radius 3 is 2.70 bits per heavy atom. The molecule has 0 radical (unpaired) electrons. The normalized spacial score (nSPS) is 16.1. The number of fused-ring (bicyclic) bond motifs is 1. The molecule has 0 saturated carbocycles. The van der Waals surface area contributed by atoms with Gasteiger partial charge in [0.2, 0.25) is 12.7 Å². The fourth-order valence-electron chi connectivity index (χ4n) is 2.86. The molecule has 1 aromatic carbocycles. The van der Waals surface area contributed by atoms with Crippen LogP contribution in [-0.4, -0.2) is 67.0 Å². The predicted octanol–water partition coefficient (Wildman–Crippen LogP) is 1.20. The number of aromatic nitrogens is 2. The number of nitrogens with one attached hydrogen (secondary N) is 2. The molecule has 1 aromatic heterocycles. The van der Waals surface area contributed by atoms with Gasteiger partial charge in [-0.25, -0.2) is 9.97 Å². The average Bonchev–Trinajstić information content (AvgIpc) is 3.17. The molecule has 0 spiro atoms. The molecule has 2 aliphatic heterocycles. The summed E-state index contributed by atoms with van der Waals surface area (Å²) >= 11 is 0. The van der Waals surface area contributed by atoms with E-state index in [-0.39, 0.29) is 12.7 Å². The molecule has 4 rings (SSSR count). The van der Waals surface area contributed by atoms with Crippen LogP contribution in [0.2, 0.25) is 0 Å². The van der Waals surface area contributed by atoms with Crippen LogP contribution < -0.4 is 20.1 Å². The van der Waals surface area contributed by atoms with Gasteiger partial charge in [0.1, 0.15) is 0 Å².